The zero-order chi connectivity index (χ0) is 8.43. The van der Waals surface area contributed by atoms with Gasteiger partial charge in [0.2, 0.25) is 0 Å². The van der Waals surface area contributed by atoms with Crippen LogP contribution in [-0.4, -0.2) is 35.5 Å². The summed E-state index contributed by atoms with van der Waals surface area (Å²) in [6.07, 6.45) is -1.95. The van der Waals surface area contributed by atoms with E-state index in [1.807, 2.05) is 0 Å². The van der Waals surface area contributed by atoms with Gasteiger partial charge in [-0.15, -0.1) is 11.6 Å². The van der Waals surface area contributed by atoms with Gasteiger partial charge in [0.1, 0.15) is 6.10 Å². The van der Waals surface area contributed by atoms with Crippen LogP contribution in [0.3, 0.4) is 0 Å². The predicted octanol–water partition coefficient (Wildman–Crippen LogP) is 1.08. The van der Waals surface area contributed by atoms with E-state index in [0.717, 1.165) is 0 Å². The number of carbonyl (C=O) groups is 1. The second kappa shape index (κ2) is 3.28. The quantitative estimate of drug-likeness (QED) is 0.510. The molecule has 0 aliphatic carbocycles. The highest BCUT2D eigenvalue weighted by Crippen LogP contribution is 2.22. The molecule has 5 heteroatoms. The lowest BCUT2D eigenvalue weighted by Gasteiger charge is -2.36. The third kappa shape index (κ3) is 1.97. The normalized spacial score (nSPS) is 32.2. The first-order valence-corrected chi connectivity index (χ1v) is 3.70. The SMILES string of the molecule is CC(Cl)C1OCC1OC(=O)O. The van der Waals surface area contributed by atoms with E-state index < -0.39 is 6.16 Å². The summed E-state index contributed by atoms with van der Waals surface area (Å²) >= 11 is 5.66. The van der Waals surface area contributed by atoms with Crippen molar-refractivity contribution in [1.29, 1.82) is 0 Å². The van der Waals surface area contributed by atoms with Gasteiger partial charge >= 0.3 is 6.16 Å². The number of alkyl halides is 1. The molecule has 1 aliphatic rings. The Labute approximate surface area is 69.0 Å². The van der Waals surface area contributed by atoms with Gasteiger partial charge in [0.25, 0.3) is 0 Å². The molecule has 64 valence electrons. The molecule has 3 atom stereocenters. The Kier molecular flexibility index (Phi) is 2.57. The molecule has 4 nitrogen and oxygen atoms in total. The molecule has 1 N–H and O–H groups in total. The molecule has 0 aromatic heterocycles. The van der Waals surface area contributed by atoms with Crippen molar-refractivity contribution in [3.63, 3.8) is 0 Å². The lowest BCUT2D eigenvalue weighted by molar-refractivity contribution is -0.167. The molecule has 0 aromatic rings. The van der Waals surface area contributed by atoms with Crippen molar-refractivity contribution in [2.24, 2.45) is 0 Å². The molecule has 0 bridgehead atoms. The van der Waals surface area contributed by atoms with E-state index in [-0.39, 0.29) is 17.6 Å². The summed E-state index contributed by atoms with van der Waals surface area (Å²) in [5.74, 6) is 0. The summed E-state index contributed by atoms with van der Waals surface area (Å²) in [5, 5.41) is 8.01. The number of ether oxygens (including phenoxy) is 2. The summed E-state index contributed by atoms with van der Waals surface area (Å²) < 4.78 is 9.45. The second-order valence-corrected chi connectivity index (χ2v) is 3.09. The standard InChI is InChI=1S/C6H9ClO4/c1-3(7)5-4(2-10-5)11-6(8)9/h3-5H,2H2,1H3,(H,8,9). The lowest BCUT2D eigenvalue weighted by Crippen LogP contribution is -2.51. The minimum absolute atomic E-state index is 0.215. The zero-order valence-corrected chi connectivity index (χ0v) is 6.75. The van der Waals surface area contributed by atoms with Gasteiger partial charge in [-0.05, 0) is 6.92 Å². The molecule has 11 heavy (non-hydrogen) atoms. The Morgan fingerprint density at radius 1 is 1.91 bits per heavy atom. The van der Waals surface area contributed by atoms with Crippen LogP contribution in [0.1, 0.15) is 6.92 Å². The van der Waals surface area contributed by atoms with E-state index in [4.69, 9.17) is 21.4 Å². The van der Waals surface area contributed by atoms with Gasteiger partial charge < -0.3 is 14.6 Å². The Morgan fingerprint density at radius 2 is 2.55 bits per heavy atom. The Bertz CT molecular complexity index is 159. The second-order valence-electron chi connectivity index (χ2n) is 2.40. The molecule has 0 amide bonds. The van der Waals surface area contributed by atoms with Gasteiger partial charge in [-0.2, -0.15) is 0 Å². The minimum Gasteiger partial charge on any atom is -0.450 e. The molecule has 0 aromatic carbocycles. The largest absolute Gasteiger partial charge is 0.506 e. The average molecular weight is 181 g/mol. The Hall–Kier alpha value is -0.480. The predicted molar refractivity (Wildman–Crippen MR) is 38.0 cm³/mol. The van der Waals surface area contributed by atoms with Crippen LogP contribution in [0.15, 0.2) is 0 Å². The van der Waals surface area contributed by atoms with E-state index >= 15 is 0 Å². The first kappa shape index (κ1) is 8.62. The number of rotatable bonds is 2. The Morgan fingerprint density at radius 3 is 2.82 bits per heavy atom. The topological polar surface area (TPSA) is 55.8 Å². The van der Waals surface area contributed by atoms with Crippen LogP contribution >= 0.6 is 11.6 Å². The zero-order valence-electron chi connectivity index (χ0n) is 5.99. The number of carboxylic acid groups (broad SMARTS) is 1. The van der Waals surface area contributed by atoms with Crippen molar-refractivity contribution in [1.82, 2.24) is 0 Å². The van der Waals surface area contributed by atoms with Crippen LogP contribution in [0.5, 0.6) is 0 Å². The van der Waals surface area contributed by atoms with Gasteiger partial charge in [-0.3, -0.25) is 0 Å². The summed E-state index contributed by atoms with van der Waals surface area (Å²) in [7, 11) is 0. The van der Waals surface area contributed by atoms with Crippen molar-refractivity contribution in [3.8, 4) is 0 Å². The van der Waals surface area contributed by atoms with Crippen LogP contribution in [0.4, 0.5) is 4.79 Å². The molecule has 1 aliphatic heterocycles. The van der Waals surface area contributed by atoms with Crippen LogP contribution in [0.25, 0.3) is 0 Å². The van der Waals surface area contributed by atoms with E-state index in [0.29, 0.717) is 6.61 Å². The molecular formula is C6H9ClO4. The summed E-state index contributed by atoms with van der Waals surface area (Å²) in [6.45, 7) is 2.05. The maximum Gasteiger partial charge on any atom is 0.506 e. The van der Waals surface area contributed by atoms with Crippen molar-refractivity contribution >= 4 is 17.8 Å². The summed E-state index contributed by atoms with van der Waals surface area (Å²) in [6, 6.07) is 0. The number of hydrogen-bond donors (Lipinski definition) is 1. The highest BCUT2D eigenvalue weighted by Gasteiger charge is 2.38. The molecule has 1 saturated heterocycles. The van der Waals surface area contributed by atoms with Gasteiger partial charge in [0.05, 0.1) is 12.0 Å². The molecule has 1 fully saturated rings. The lowest BCUT2D eigenvalue weighted by atomic mass is 10.1. The maximum absolute atomic E-state index is 10.0. The van der Waals surface area contributed by atoms with E-state index in [1.54, 1.807) is 6.92 Å². The minimum atomic E-state index is -1.28. The highest BCUT2D eigenvalue weighted by molar-refractivity contribution is 6.20. The van der Waals surface area contributed by atoms with Gasteiger partial charge in [-0.1, -0.05) is 0 Å². The fourth-order valence-corrected chi connectivity index (χ4v) is 1.18. The first-order chi connectivity index (χ1) is 5.11. The van der Waals surface area contributed by atoms with Crippen LogP contribution in [-0.2, 0) is 9.47 Å². The molecular weight excluding hydrogens is 172 g/mol. The molecule has 3 unspecified atom stereocenters. The first-order valence-electron chi connectivity index (χ1n) is 3.26. The van der Waals surface area contributed by atoms with Gasteiger partial charge in [0.15, 0.2) is 6.10 Å². The van der Waals surface area contributed by atoms with Crippen molar-refractivity contribution in [2.45, 2.75) is 24.5 Å². The fraction of sp³-hybridized carbons (Fsp3) is 0.833. The molecule has 0 saturated carbocycles. The van der Waals surface area contributed by atoms with Crippen molar-refractivity contribution < 1.29 is 19.4 Å². The van der Waals surface area contributed by atoms with E-state index in [1.165, 1.54) is 0 Å². The maximum atomic E-state index is 10.0. The Balaban J connectivity index is 2.31. The third-order valence-electron chi connectivity index (χ3n) is 1.52. The molecule has 0 spiro atoms. The average Bonchev–Trinajstić information content (AvgIpc) is 1.78. The van der Waals surface area contributed by atoms with E-state index in [9.17, 15) is 4.79 Å². The van der Waals surface area contributed by atoms with Crippen molar-refractivity contribution in [3.05, 3.63) is 0 Å². The van der Waals surface area contributed by atoms with Crippen LogP contribution in [0.2, 0.25) is 0 Å². The number of hydrogen-bond acceptors (Lipinski definition) is 3. The van der Waals surface area contributed by atoms with E-state index in [2.05, 4.69) is 4.74 Å². The van der Waals surface area contributed by atoms with Crippen LogP contribution in [0, 0.1) is 0 Å². The number of halogens is 1. The van der Waals surface area contributed by atoms with Gasteiger partial charge in [-0.25, -0.2) is 4.79 Å². The molecule has 0 radical (unpaired) electrons. The molecule has 1 rings (SSSR count). The highest BCUT2D eigenvalue weighted by atomic mass is 35.5. The third-order valence-corrected chi connectivity index (χ3v) is 1.77. The van der Waals surface area contributed by atoms with Crippen LogP contribution < -0.4 is 0 Å². The van der Waals surface area contributed by atoms with Crippen molar-refractivity contribution in [2.75, 3.05) is 6.61 Å². The molecule has 1 heterocycles. The smallest absolute Gasteiger partial charge is 0.450 e. The summed E-state index contributed by atoms with van der Waals surface area (Å²) in [4.78, 5) is 10.0. The van der Waals surface area contributed by atoms with Gasteiger partial charge in [0, 0.05) is 0 Å². The summed E-state index contributed by atoms with van der Waals surface area (Å²) in [5.41, 5.74) is 0. The fourth-order valence-electron chi connectivity index (χ4n) is 0.945. The monoisotopic (exact) mass is 180 g/mol.